The van der Waals surface area contributed by atoms with E-state index in [9.17, 15) is 4.79 Å². The van der Waals surface area contributed by atoms with Gasteiger partial charge in [0.1, 0.15) is 0 Å². The van der Waals surface area contributed by atoms with Crippen molar-refractivity contribution in [3.63, 3.8) is 0 Å². The maximum Gasteiger partial charge on any atom is 0.222 e. The van der Waals surface area contributed by atoms with Crippen molar-refractivity contribution < 1.29 is 4.79 Å². The zero-order valence-corrected chi connectivity index (χ0v) is 10.6. The van der Waals surface area contributed by atoms with Crippen LogP contribution in [-0.2, 0) is 4.79 Å². The monoisotopic (exact) mass is 224 g/mol. The van der Waals surface area contributed by atoms with Gasteiger partial charge in [-0.15, -0.1) is 0 Å². The fraction of sp³-hybridized carbons (Fsp3) is 0.923. The summed E-state index contributed by atoms with van der Waals surface area (Å²) < 4.78 is 0. The Labute approximate surface area is 98.6 Å². The molecule has 2 aliphatic rings. The smallest absolute Gasteiger partial charge is 0.222 e. The fourth-order valence-electron chi connectivity index (χ4n) is 2.51. The van der Waals surface area contributed by atoms with Crippen LogP contribution in [0.5, 0.6) is 0 Å². The van der Waals surface area contributed by atoms with E-state index >= 15 is 0 Å². The number of carbonyl (C=O) groups is 1. The van der Waals surface area contributed by atoms with Gasteiger partial charge in [-0.2, -0.15) is 0 Å². The summed E-state index contributed by atoms with van der Waals surface area (Å²) in [5.74, 6) is 1.27. The van der Waals surface area contributed by atoms with Crippen LogP contribution in [0.15, 0.2) is 0 Å². The molecule has 0 unspecified atom stereocenters. The van der Waals surface area contributed by atoms with Gasteiger partial charge in [0.25, 0.3) is 0 Å². The van der Waals surface area contributed by atoms with E-state index in [2.05, 4.69) is 5.32 Å². The Balaban J connectivity index is 1.51. The molecule has 3 heteroatoms. The quantitative estimate of drug-likeness (QED) is 0.667. The van der Waals surface area contributed by atoms with Crippen molar-refractivity contribution in [3.05, 3.63) is 0 Å². The summed E-state index contributed by atoms with van der Waals surface area (Å²) in [5, 5.41) is 3.53. The van der Waals surface area contributed by atoms with E-state index in [1.165, 1.54) is 32.2 Å². The highest BCUT2D eigenvalue weighted by molar-refractivity contribution is 5.75. The minimum atomic E-state index is 0.241. The van der Waals surface area contributed by atoms with Gasteiger partial charge in [-0.25, -0.2) is 0 Å². The zero-order valence-electron chi connectivity index (χ0n) is 10.6. The number of nitrogens with zero attached hydrogens (tertiary/aromatic N) is 1. The van der Waals surface area contributed by atoms with E-state index in [4.69, 9.17) is 0 Å². The molecule has 2 fully saturated rings. The van der Waals surface area contributed by atoms with Crippen molar-refractivity contribution in [1.29, 1.82) is 0 Å². The molecule has 3 nitrogen and oxygen atoms in total. The highest BCUT2D eigenvalue weighted by atomic mass is 16.2. The summed E-state index contributed by atoms with van der Waals surface area (Å²) in [6.45, 7) is 2.18. The summed E-state index contributed by atoms with van der Waals surface area (Å²) in [6, 6.07) is 0. The Hall–Kier alpha value is -0.570. The standard InChI is InChI=1S/C13H24N2O/c1-15(2)12(16)4-3-9-14-10-13(7-8-13)11-5-6-11/h11,14H,3-10H2,1-2H3. The first-order valence-corrected chi connectivity index (χ1v) is 6.55. The Morgan fingerprint density at radius 1 is 1.38 bits per heavy atom. The first kappa shape index (κ1) is 11.9. The molecule has 0 radical (unpaired) electrons. The van der Waals surface area contributed by atoms with Crippen LogP contribution in [0.25, 0.3) is 0 Å². The molecular weight excluding hydrogens is 200 g/mol. The van der Waals surface area contributed by atoms with E-state index in [0.29, 0.717) is 11.8 Å². The third-order valence-corrected chi connectivity index (χ3v) is 4.06. The van der Waals surface area contributed by atoms with Gasteiger partial charge in [-0.3, -0.25) is 4.79 Å². The molecule has 2 rings (SSSR count). The van der Waals surface area contributed by atoms with Gasteiger partial charge < -0.3 is 10.2 Å². The molecule has 2 saturated carbocycles. The minimum Gasteiger partial charge on any atom is -0.349 e. The topological polar surface area (TPSA) is 32.3 Å². The van der Waals surface area contributed by atoms with Crippen LogP contribution >= 0.6 is 0 Å². The summed E-state index contributed by atoms with van der Waals surface area (Å²) in [4.78, 5) is 13.0. The molecule has 1 N–H and O–H groups in total. The van der Waals surface area contributed by atoms with Gasteiger partial charge in [0, 0.05) is 27.1 Å². The van der Waals surface area contributed by atoms with Crippen LogP contribution in [0.2, 0.25) is 0 Å². The first-order chi connectivity index (χ1) is 7.64. The molecule has 0 spiro atoms. The van der Waals surface area contributed by atoms with Gasteiger partial charge in [-0.1, -0.05) is 0 Å². The lowest BCUT2D eigenvalue weighted by atomic mass is 10.0. The van der Waals surface area contributed by atoms with E-state index in [1.807, 2.05) is 14.1 Å². The average Bonchev–Trinajstić information content (AvgIpc) is 3.09. The molecule has 0 saturated heterocycles. The molecule has 0 aliphatic heterocycles. The molecule has 92 valence electrons. The fourth-order valence-corrected chi connectivity index (χ4v) is 2.51. The van der Waals surface area contributed by atoms with Gasteiger partial charge in [0.15, 0.2) is 0 Å². The van der Waals surface area contributed by atoms with Gasteiger partial charge in [0.2, 0.25) is 5.91 Å². The van der Waals surface area contributed by atoms with Crippen LogP contribution in [-0.4, -0.2) is 38.0 Å². The van der Waals surface area contributed by atoms with Crippen LogP contribution < -0.4 is 5.32 Å². The van der Waals surface area contributed by atoms with Gasteiger partial charge in [0.05, 0.1) is 0 Å². The lowest BCUT2D eigenvalue weighted by Crippen LogP contribution is -2.28. The lowest BCUT2D eigenvalue weighted by Gasteiger charge is -2.15. The van der Waals surface area contributed by atoms with E-state index in [0.717, 1.165) is 18.9 Å². The highest BCUT2D eigenvalue weighted by Gasteiger charge is 2.52. The van der Waals surface area contributed by atoms with Crippen molar-refractivity contribution in [1.82, 2.24) is 10.2 Å². The van der Waals surface area contributed by atoms with Crippen LogP contribution in [0.1, 0.15) is 38.5 Å². The van der Waals surface area contributed by atoms with E-state index in [-0.39, 0.29) is 5.91 Å². The summed E-state index contributed by atoms with van der Waals surface area (Å²) in [7, 11) is 3.64. The second kappa shape index (κ2) is 4.74. The summed E-state index contributed by atoms with van der Waals surface area (Å²) >= 11 is 0. The van der Waals surface area contributed by atoms with Crippen LogP contribution in [0.4, 0.5) is 0 Å². The molecular formula is C13H24N2O. The van der Waals surface area contributed by atoms with Crippen molar-refractivity contribution in [2.24, 2.45) is 11.3 Å². The van der Waals surface area contributed by atoms with Crippen molar-refractivity contribution >= 4 is 5.91 Å². The molecule has 0 aromatic carbocycles. The van der Waals surface area contributed by atoms with Crippen molar-refractivity contribution in [2.45, 2.75) is 38.5 Å². The maximum atomic E-state index is 11.3. The molecule has 0 bridgehead atoms. The molecule has 16 heavy (non-hydrogen) atoms. The van der Waals surface area contributed by atoms with Crippen molar-refractivity contribution in [3.8, 4) is 0 Å². The SMILES string of the molecule is CN(C)C(=O)CCCNCC1(C2CC2)CC1. The van der Waals surface area contributed by atoms with Crippen LogP contribution in [0, 0.1) is 11.3 Å². The van der Waals surface area contributed by atoms with E-state index < -0.39 is 0 Å². The van der Waals surface area contributed by atoms with Crippen LogP contribution in [0.3, 0.4) is 0 Å². The summed E-state index contributed by atoms with van der Waals surface area (Å²) in [5.41, 5.74) is 0.686. The predicted molar refractivity (Wildman–Crippen MR) is 65.2 cm³/mol. The molecule has 0 atom stereocenters. The Bertz CT molecular complexity index is 255. The number of amides is 1. The molecule has 0 aromatic heterocycles. The Morgan fingerprint density at radius 2 is 2.06 bits per heavy atom. The minimum absolute atomic E-state index is 0.241. The lowest BCUT2D eigenvalue weighted by molar-refractivity contribution is -0.128. The molecule has 2 aliphatic carbocycles. The zero-order chi connectivity index (χ0) is 11.6. The largest absolute Gasteiger partial charge is 0.349 e. The highest BCUT2D eigenvalue weighted by Crippen LogP contribution is 2.60. The third-order valence-electron chi connectivity index (χ3n) is 4.06. The molecule has 1 amide bonds. The number of carbonyl (C=O) groups excluding carboxylic acids is 1. The van der Waals surface area contributed by atoms with E-state index in [1.54, 1.807) is 4.90 Å². The second-order valence-electron chi connectivity index (χ2n) is 5.71. The Kier molecular flexibility index (Phi) is 3.53. The predicted octanol–water partition coefficient (Wildman–Crippen LogP) is 1.63. The average molecular weight is 224 g/mol. The third kappa shape index (κ3) is 2.97. The first-order valence-electron chi connectivity index (χ1n) is 6.55. The maximum absolute atomic E-state index is 11.3. The normalized spacial score (nSPS) is 21.9. The number of hydrogen-bond donors (Lipinski definition) is 1. The summed E-state index contributed by atoms with van der Waals surface area (Å²) in [6.07, 6.45) is 7.43. The van der Waals surface area contributed by atoms with Gasteiger partial charge in [-0.05, 0) is 50.0 Å². The number of rotatable bonds is 7. The number of hydrogen-bond acceptors (Lipinski definition) is 2. The second-order valence-corrected chi connectivity index (χ2v) is 5.71. The Morgan fingerprint density at radius 3 is 2.56 bits per heavy atom. The van der Waals surface area contributed by atoms with Gasteiger partial charge >= 0.3 is 0 Å². The van der Waals surface area contributed by atoms with Crippen molar-refractivity contribution in [2.75, 3.05) is 27.2 Å². The number of nitrogens with one attached hydrogen (secondary N) is 1. The molecule has 0 aromatic rings. The molecule has 0 heterocycles.